The van der Waals surface area contributed by atoms with Crippen LogP contribution in [0.25, 0.3) is 0 Å². The second-order valence-electron chi connectivity index (χ2n) is 4.28. The molecule has 2 aromatic rings. The highest BCUT2D eigenvalue weighted by atomic mass is 32.2. The zero-order chi connectivity index (χ0) is 14.6. The van der Waals surface area contributed by atoms with E-state index in [0.717, 1.165) is 21.6 Å². The topological polar surface area (TPSA) is 46.2 Å². The minimum Gasteiger partial charge on any atom is -0.283 e. The lowest BCUT2D eigenvalue weighted by atomic mass is 10.2. The van der Waals surface area contributed by atoms with Crippen LogP contribution in [0.3, 0.4) is 0 Å². The van der Waals surface area contributed by atoms with Gasteiger partial charge in [-0.05, 0) is 29.8 Å². The lowest BCUT2D eigenvalue weighted by Crippen LogP contribution is -2.10. The van der Waals surface area contributed by atoms with Crippen molar-refractivity contribution in [3.63, 3.8) is 0 Å². The van der Waals surface area contributed by atoms with E-state index in [-0.39, 0.29) is 0 Å². The molecule has 0 aliphatic carbocycles. The van der Waals surface area contributed by atoms with Crippen LogP contribution >= 0.6 is 24.4 Å². The largest absolute Gasteiger partial charge is 0.283 e. The van der Waals surface area contributed by atoms with Gasteiger partial charge in [0.15, 0.2) is 0 Å². The molecule has 0 aliphatic rings. The Morgan fingerprint density at radius 3 is 2.45 bits per heavy atom. The van der Waals surface area contributed by atoms with Crippen LogP contribution in [-0.4, -0.2) is 14.7 Å². The van der Waals surface area contributed by atoms with Crippen LogP contribution in [0, 0.1) is 0 Å². The van der Waals surface area contributed by atoms with Gasteiger partial charge in [0.05, 0.1) is 11.9 Å². The first-order chi connectivity index (χ1) is 9.48. The second kappa shape index (κ2) is 6.56. The van der Waals surface area contributed by atoms with Crippen molar-refractivity contribution in [1.29, 1.82) is 0 Å². The molecule has 1 N–H and O–H groups in total. The number of rotatable bonds is 5. The van der Waals surface area contributed by atoms with Crippen LogP contribution in [0.5, 0.6) is 0 Å². The van der Waals surface area contributed by atoms with Gasteiger partial charge in [0.1, 0.15) is 0 Å². The van der Waals surface area contributed by atoms with E-state index < -0.39 is 10.0 Å². The summed E-state index contributed by atoms with van der Waals surface area (Å²) in [5.74, 6) is 0.564. The van der Waals surface area contributed by atoms with E-state index in [4.69, 9.17) is 0 Å². The first-order valence-corrected chi connectivity index (χ1v) is 9.26. The number of hydrogen-bond acceptors (Lipinski definition) is 4. The minimum absolute atomic E-state index is 0.564. The third-order valence-corrected chi connectivity index (χ3v) is 4.53. The van der Waals surface area contributed by atoms with Gasteiger partial charge in [-0.15, -0.1) is 0 Å². The number of anilines is 1. The van der Waals surface area contributed by atoms with E-state index in [9.17, 15) is 8.42 Å². The van der Waals surface area contributed by atoms with Gasteiger partial charge in [-0.25, -0.2) is 8.42 Å². The summed E-state index contributed by atoms with van der Waals surface area (Å²) >= 11 is 5.74. The highest BCUT2D eigenvalue weighted by Gasteiger charge is 2.10. The molecule has 0 unspecified atom stereocenters. The Morgan fingerprint density at radius 1 is 1.15 bits per heavy atom. The van der Waals surface area contributed by atoms with Crippen molar-refractivity contribution in [2.75, 3.05) is 11.0 Å². The van der Waals surface area contributed by atoms with Crippen molar-refractivity contribution in [1.82, 2.24) is 0 Å². The van der Waals surface area contributed by atoms with Gasteiger partial charge < -0.3 is 0 Å². The monoisotopic (exact) mass is 325 g/mol. The zero-order valence-corrected chi connectivity index (χ0v) is 13.4. The number of benzene rings is 2. The molecule has 0 heterocycles. The van der Waals surface area contributed by atoms with Crippen LogP contribution < -0.4 is 4.72 Å². The lowest BCUT2D eigenvalue weighted by Gasteiger charge is -2.12. The lowest BCUT2D eigenvalue weighted by molar-refractivity contribution is 0.606. The van der Waals surface area contributed by atoms with Gasteiger partial charge in [0.2, 0.25) is 10.0 Å². The molecule has 0 amide bonds. The normalized spacial score (nSPS) is 11.3. The Bertz CT molecular complexity index is 685. The SMILES string of the molecule is CS(=O)(=O)Nc1cc(CS)ccc1Sc1ccccc1. The third-order valence-electron chi connectivity index (χ3n) is 2.49. The molecule has 0 saturated carbocycles. The summed E-state index contributed by atoms with van der Waals surface area (Å²) in [5.41, 5.74) is 1.56. The number of nitrogens with one attached hydrogen (secondary N) is 1. The number of hydrogen-bond donors (Lipinski definition) is 2. The van der Waals surface area contributed by atoms with Gasteiger partial charge in [-0.2, -0.15) is 12.6 Å². The quantitative estimate of drug-likeness (QED) is 0.825. The van der Waals surface area contributed by atoms with Gasteiger partial charge in [0, 0.05) is 15.5 Å². The van der Waals surface area contributed by atoms with E-state index in [2.05, 4.69) is 17.4 Å². The Kier molecular flexibility index (Phi) is 5.01. The predicted octanol–water partition coefficient (Wildman–Crippen LogP) is 3.64. The highest BCUT2D eigenvalue weighted by Crippen LogP contribution is 2.34. The Hall–Kier alpha value is -1.11. The van der Waals surface area contributed by atoms with Gasteiger partial charge in [0.25, 0.3) is 0 Å². The van der Waals surface area contributed by atoms with Crippen LogP contribution in [0.15, 0.2) is 58.3 Å². The molecular formula is C14H15NO2S3. The molecule has 0 spiro atoms. The fourth-order valence-electron chi connectivity index (χ4n) is 1.66. The summed E-state index contributed by atoms with van der Waals surface area (Å²) in [6, 6.07) is 15.5. The zero-order valence-electron chi connectivity index (χ0n) is 10.9. The fourth-order valence-corrected chi connectivity index (χ4v) is 3.39. The molecule has 0 atom stereocenters. The smallest absolute Gasteiger partial charge is 0.229 e. The molecule has 106 valence electrons. The molecule has 0 saturated heterocycles. The molecule has 0 bridgehead atoms. The Balaban J connectivity index is 2.36. The molecular weight excluding hydrogens is 310 g/mol. The van der Waals surface area contributed by atoms with Crippen LogP contribution in [0.2, 0.25) is 0 Å². The summed E-state index contributed by atoms with van der Waals surface area (Å²) in [7, 11) is -3.31. The summed E-state index contributed by atoms with van der Waals surface area (Å²) in [6.07, 6.45) is 1.15. The predicted molar refractivity (Wildman–Crippen MR) is 88.2 cm³/mol. The average Bonchev–Trinajstić information content (AvgIpc) is 2.40. The third kappa shape index (κ3) is 4.47. The van der Waals surface area contributed by atoms with Gasteiger partial charge in [-0.3, -0.25) is 4.72 Å². The standard InChI is InChI=1S/C14H15NO2S3/c1-20(16,17)15-13-9-11(10-18)7-8-14(13)19-12-5-3-2-4-6-12/h2-9,15,18H,10H2,1H3. The van der Waals surface area contributed by atoms with E-state index in [1.807, 2.05) is 48.5 Å². The summed E-state index contributed by atoms with van der Waals surface area (Å²) in [4.78, 5) is 1.93. The van der Waals surface area contributed by atoms with Crippen molar-refractivity contribution in [2.45, 2.75) is 15.5 Å². The summed E-state index contributed by atoms with van der Waals surface area (Å²) in [5, 5.41) is 0. The highest BCUT2D eigenvalue weighted by molar-refractivity contribution is 7.99. The second-order valence-corrected chi connectivity index (χ2v) is 7.46. The van der Waals surface area contributed by atoms with Crippen LogP contribution in [0.4, 0.5) is 5.69 Å². The van der Waals surface area contributed by atoms with Crippen molar-refractivity contribution < 1.29 is 8.42 Å². The minimum atomic E-state index is -3.31. The van der Waals surface area contributed by atoms with E-state index >= 15 is 0 Å². The van der Waals surface area contributed by atoms with Crippen LogP contribution in [0.1, 0.15) is 5.56 Å². The van der Waals surface area contributed by atoms with E-state index in [0.29, 0.717) is 11.4 Å². The fraction of sp³-hybridized carbons (Fsp3) is 0.143. The first kappa shape index (κ1) is 15.3. The van der Waals surface area contributed by atoms with Crippen molar-refractivity contribution in [3.8, 4) is 0 Å². The van der Waals surface area contributed by atoms with Crippen molar-refractivity contribution in [3.05, 3.63) is 54.1 Å². The van der Waals surface area contributed by atoms with E-state index in [1.54, 1.807) is 0 Å². The van der Waals surface area contributed by atoms with Crippen molar-refractivity contribution in [2.24, 2.45) is 0 Å². The summed E-state index contributed by atoms with van der Waals surface area (Å²) in [6.45, 7) is 0. The molecule has 0 aromatic heterocycles. The molecule has 0 aliphatic heterocycles. The average molecular weight is 325 g/mol. The Labute approximate surface area is 129 Å². The molecule has 6 heteroatoms. The maximum atomic E-state index is 11.5. The molecule has 20 heavy (non-hydrogen) atoms. The molecule has 3 nitrogen and oxygen atoms in total. The molecule has 0 radical (unpaired) electrons. The molecule has 0 fully saturated rings. The van der Waals surface area contributed by atoms with Gasteiger partial charge >= 0.3 is 0 Å². The molecule has 2 rings (SSSR count). The number of sulfonamides is 1. The van der Waals surface area contributed by atoms with Crippen molar-refractivity contribution >= 4 is 40.1 Å². The van der Waals surface area contributed by atoms with E-state index in [1.165, 1.54) is 11.8 Å². The maximum absolute atomic E-state index is 11.5. The first-order valence-electron chi connectivity index (χ1n) is 5.92. The Morgan fingerprint density at radius 2 is 1.85 bits per heavy atom. The van der Waals surface area contributed by atoms with Gasteiger partial charge in [-0.1, -0.05) is 36.0 Å². The summed E-state index contributed by atoms with van der Waals surface area (Å²) < 4.78 is 25.5. The molecule has 2 aromatic carbocycles. The van der Waals surface area contributed by atoms with Crippen LogP contribution in [-0.2, 0) is 15.8 Å². The number of thiol groups is 1. The maximum Gasteiger partial charge on any atom is 0.229 e.